The van der Waals surface area contributed by atoms with Crippen molar-refractivity contribution in [1.82, 2.24) is 39.9 Å². The SMILES string of the molecule is O=S(=O)(Cl)c1ccc2c3nc4nc(nc5[nH]c(nc6nc(nc([nH]3)c2c1)-c1ccccc1-6)c1ccccc51)-c1ccccc1-4.[Zn]. The molecule has 2 aliphatic heterocycles. The van der Waals surface area contributed by atoms with Crippen molar-refractivity contribution < 1.29 is 27.9 Å². The van der Waals surface area contributed by atoms with E-state index in [0.717, 1.165) is 33.0 Å². The van der Waals surface area contributed by atoms with Crippen molar-refractivity contribution in [2.45, 2.75) is 4.90 Å². The van der Waals surface area contributed by atoms with Gasteiger partial charge in [-0.25, -0.2) is 38.3 Å². The van der Waals surface area contributed by atoms with Gasteiger partial charge in [-0.3, -0.25) is 0 Å². The molecule has 3 aromatic heterocycles. The Bertz CT molecular complexity index is 2670. The van der Waals surface area contributed by atoms with E-state index in [0.29, 0.717) is 56.7 Å². The summed E-state index contributed by atoms with van der Waals surface area (Å²) >= 11 is 0. The van der Waals surface area contributed by atoms with Crippen LogP contribution in [0, 0.1) is 0 Å². The molecule has 0 spiro atoms. The number of rotatable bonds is 1. The minimum Gasteiger partial charge on any atom is -0.324 e. The van der Waals surface area contributed by atoms with Crippen LogP contribution >= 0.6 is 10.7 Å². The van der Waals surface area contributed by atoms with E-state index in [1.807, 2.05) is 72.8 Å². The zero-order valence-electron chi connectivity index (χ0n) is 23.2. The van der Waals surface area contributed by atoms with Gasteiger partial charge in [0.25, 0.3) is 9.05 Å². The average Bonchev–Trinajstić information content (AvgIpc) is 3.76. The van der Waals surface area contributed by atoms with Gasteiger partial charge in [0.15, 0.2) is 23.3 Å². The molecule has 2 N–H and O–H groups in total. The van der Waals surface area contributed by atoms with E-state index in [9.17, 15) is 8.42 Å². The Morgan fingerprint density at radius 2 is 0.822 bits per heavy atom. The first-order chi connectivity index (χ1) is 21.4. The number of halogens is 1. The van der Waals surface area contributed by atoms with Gasteiger partial charge in [0, 0.05) is 74.0 Å². The third-order valence-corrected chi connectivity index (χ3v) is 9.16. The predicted octanol–water partition coefficient (Wildman–Crippen LogP) is 6.79. The topological polar surface area (TPSA) is 143 Å². The van der Waals surface area contributed by atoms with Crippen LogP contribution < -0.4 is 0 Å². The minimum absolute atomic E-state index is 0. The molecule has 0 atom stereocenters. The fraction of sp³-hybridized carbons (Fsp3) is 0. The fourth-order valence-corrected chi connectivity index (χ4v) is 6.55. The quantitative estimate of drug-likeness (QED) is 0.143. The molecule has 0 aliphatic carbocycles. The third kappa shape index (κ3) is 4.36. The molecule has 0 unspecified atom stereocenters. The summed E-state index contributed by atoms with van der Waals surface area (Å²) in [5, 5.41) is 2.94. The van der Waals surface area contributed by atoms with E-state index in [-0.39, 0.29) is 24.4 Å². The molecule has 13 heteroatoms. The van der Waals surface area contributed by atoms with E-state index in [1.165, 1.54) is 12.1 Å². The Labute approximate surface area is 271 Å². The van der Waals surface area contributed by atoms with Crippen molar-refractivity contribution >= 4 is 63.9 Å². The van der Waals surface area contributed by atoms with Crippen molar-refractivity contribution in [3.8, 4) is 45.6 Å². The molecule has 5 heterocycles. The Balaban J connectivity index is 0.00000300. The van der Waals surface area contributed by atoms with E-state index < -0.39 is 9.05 Å². The Hall–Kier alpha value is -4.90. The molecular weight excluding hydrogens is 661 g/mol. The van der Waals surface area contributed by atoms with Crippen LogP contribution in [0.4, 0.5) is 0 Å². The van der Waals surface area contributed by atoms with E-state index in [4.69, 9.17) is 40.6 Å². The molecule has 0 saturated carbocycles. The molecular formula is C32H17ClN8O2SZn. The number of nitrogens with zero attached hydrogens (tertiary/aromatic N) is 6. The summed E-state index contributed by atoms with van der Waals surface area (Å²) in [5.41, 5.74) is 5.28. The molecule has 45 heavy (non-hydrogen) atoms. The zero-order valence-corrected chi connectivity index (χ0v) is 27.7. The van der Waals surface area contributed by atoms with Crippen LogP contribution in [0.15, 0.2) is 95.9 Å². The minimum atomic E-state index is -4.00. The summed E-state index contributed by atoms with van der Waals surface area (Å²) in [6.45, 7) is 0. The number of benzene rings is 4. The van der Waals surface area contributed by atoms with Gasteiger partial charge in [-0.15, -0.1) is 0 Å². The molecule has 10 nitrogen and oxygen atoms in total. The maximum absolute atomic E-state index is 12.3. The second kappa shape index (κ2) is 10.1. The van der Waals surface area contributed by atoms with Gasteiger partial charge in [0.2, 0.25) is 0 Å². The summed E-state index contributed by atoms with van der Waals surface area (Å²) in [6.07, 6.45) is 0. The van der Waals surface area contributed by atoms with Gasteiger partial charge in [0.05, 0.1) is 4.90 Å². The Kier molecular flexibility index (Phi) is 6.18. The molecule has 7 aromatic rings. The molecule has 0 fully saturated rings. The van der Waals surface area contributed by atoms with Crippen LogP contribution in [-0.2, 0) is 28.5 Å². The van der Waals surface area contributed by atoms with Crippen LogP contribution in [0.1, 0.15) is 0 Å². The van der Waals surface area contributed by atoms with Crippen molar-refractivity contribution in [3.05, 3.63) is 91.0 Å². The first kappa shape index (κ1) is 27.6. The van der Waals surface area contributed by atoms with E-state index in [2.05, 4.69) is 9.97 Å². The van der Waals surface area contributed by atoms with Crippen LogP contribution in [0.25, 0.3) is 89.7 Å². The monoisotopic (exact) mass is 676 g/mol. The first-order valence-corrected chi connectivity index (χ1v) is 15.9. The first-order valence-electron chi connectivity index (χ1n) is 13.6. The van der Waals surface area contributed by atoms with Crippen LogP contribution in [0.5, 0.6) is 0 Å². The molecule has 0 saturated heterocycles. The molecule has 8 bridgehead atoms. The van der Waals surface area contributed by atoms with E-state index in [1.54, 1.807) is 6.07 Å². The van der Waals surface area contributed by atoms with Gasteiger partial charge >= 0.3 is 0 Å². The second-order valence-electron chi connectivity index (χ2n) is 10.4. The summed E-state index contributed by atoms with van der Waals surface area (Å²) < 4.78 is 24.6. The third-order valence-electron chi connectivity index (χ3n) is 7.81. The standard InChI is InChI=1S/C32H17ClN8O2S.Zn/c33-44(42,43)16-13-14-23-24(15-16)32-40-30-22-12-6-5-11-21(22)28(38-30)36-26-18-8-2-1-7-17(18)25(34-26)35-27-19-9-3-4-10-20(19)29(37-27)39-31(23)41-32;/h1-15H,(H2,34,35,36,37,38,39,40,41);. The van der Waals surface area contributed by atoms with Crippen LogP contribution in [0.3, 0.4) is 0 Å². The predicted molar refractivity (Wildman–Crippen MR) is 169 cm³/mol. The van der Waals surface area contributed by atoms with Crippen molar-refractivity contribution in [3.63, 3.8) is 0 Å². The largest absolute Gasteiger partial charge is 0.324 e. The molecule has 4 aromatic carbocycles. The number of nitrogens with one attached hydrogen (secondary N) is 2. The number of H-pyrrole nitrogens is 2. The fourth-order valence-electron chi connectivity index (χ4n) is 5.77. The van der Waals surface area contributed by atoms with Crippen molar-refractivity contribution in [2.75, 3.05) is 0 Å². The number of fused-ring (bicyclic) bond motifs is 20. The Morgan fingerprint density at radius 3 is 1.22 bits per heavy atom. The van der Waals surface area contributed by atoms with Crippen LogP contribution in [-0.4, -0.2) is 48.3 Å². The van der Waals surface area contributed by atoms with Crippen LogP contribution in [0.2, 0.25) is 0 Å². The summed E-state index contributed by atoms with van der Waals surface area (Å²) in [7, 11) is 1.73. The molecule has 2 aliphatic rings. The number of aromatic nitrogens is 8. The van der Waals surface area contributed by atoms with Gasteiger partial charge < -0.3 is 9.97 Å². The Morgan fingerprint density at radius 1 is 0.467 bits per heavy atom. The smallest absolute Gasteiger partial charge is 0.261 e. The van der Waals surface area contributed by atoms with Gasteiger partial charge in [-0.1, -0.05) is 72.8 Å². The van der Waals surface area contributed by atoms with E-state index >= 15 is 0 Å². The van der Waals surface area contributed by atoms with Crippen molar-refractivity contribution in [2.24, 2.45) is 0 Å². The molecule has 212 valence electrons. The maximum atomic E-state index is 12.3. The van der Waals surface area contributed by atoms with Crippen molar-refractivity contribution in [1.29, 1.82) is 0 Å². The normalized spacial score (nSPS) is 12.1. The molecule has 9 rings (SSSR count). The molecule has 0 radical (unpaired) electrons. The summed E-state index contributed by atoms with van der Waals surface area (Å²) in [6, 6.07) is 27.9. The van der Waals surface area contributed by atoms with Gasteiger partial charge in [-0.05, 0) is 18.2 Å². The zero-order chi connectivity index (χ0) is 29.6. The average molecular weight is 678 g/mol. The number of aromatic amines is 2. The number of hydrogen-bond donors (Lipinski definition) is 2. The van der Waals surface area contributed by atoms with Gasteiger partial charge in [-0.2, -0.15) is 0 Å². The summed E-state index contributed by atoms with van der Waals surface area (Å²) in [4.78, 5) is 36.1. The summed E-state index contributed by atoms with van der Waals surface area (Å²) in [5.74, 6) is 1.85. The maximum Gasteiger partial charge on any atom is 0.261 e. The van der Waals surface area contributed by atoms with Gasteiger partial charge in [0.1, 0.15) is 22.6 Å². The number of hydrogen-bond acceptors (Lipinski definition) is 8. The second-order valence-corrected chi connectivity index (χ2v) is 13.0. The molecule has 0 amide bonds.